The molecule has 1 aliphatic carbocycles. The molecule has 3 aliphatic rings. The molecule has 2 unspecified atom stereocenters. The van der Waals surface area contributed by atoms with Crippen molar-refractivity contribution in [3.8, 4) is 11.8 Å². The van der Waals surface area contributed by atoms with E-state index in [0.717, 1.165) is 5.56 Å². The first-order valence-electron chi connectivity index (χ1n) is 11.3. The van der Waals surface area contributed by atoms with E-state index < -0.39 is 23.8 Å². The second kappa shape index (κ2) is 8.17. The number of nitriles is 1. The third-order valence-corrected chi connectivity index (χ3v) is 6.39. The number of carbonyl (C=O) groups excluding carboxylic acids is 2. The summed E-state index contributed by atoms with van der Waals surface area (Å²) in [5, 5.41) is 15.5. The molecule has 2 aliphatic heterocycles. The number of carbonyl (C=O) groups is 2. The van der Waals surface area contributed by atoms with E-state index in [2.05, 4.69) is 11.2 Å². The van der Waals surface area contributed by atoms with Crippen molar-refractivity contribution in [1.29, 1.82) is 5.26 Å². The van der Waals surface area contributed by atoms with Crippen LogP contribution in [0.4, 0.5) is 0 Å². The van der Waals surface area contributed by atoms with Crippen molar-refractivity contribution in [2.45, 2.75) is 51.5 Å². The van der Waals surface area contributed by atoms with E-state index >= 15 is 0 Å². The highest BCUT2D eigenvalue weighted by Gasteiger charge is 2.55. The summed E-state index contributed by atoms with van der Waals surface area (Å²) in [4.78, 5) is 24.8. The van der Waals surface area contributed by atoms with Crippen LogP contribution in [-0.4, -0.2) is 34.5 Å². The summed E-state index contributed by atoms with van der Waals surface area (Å²) in [7, 11) is 0. The number of benzene rings is 2. The molecule has 0 N–H and O–H groups in total. The van der Waals surface area contributed by atoms with Crippen LogP contribution >= 0.6 is 0 Å². The maximum atomic E-state index is 12.8. The highest BCUT2D eigenvalue weighted by molar-refractivity contribution is 5.96. The summed E-state index contributed by atoms with van der Waals surface area (Å²) >= 11 is 0. The molecule has 1 saturated carbocycles. The Morgan fingerprint density at radius 2 is 2.00 bits per heavy atom. The average molecular weight is 460 g/mol. The van der Waals surface area contributed by atoms with Gasteiger partial charge in [0.25, 0.3) is 0 Å². The SMILES string of the molecule is CC(=O)O[C@@H]1[C@H](OC2=NN(Cc3ccccc3)C(=O)C3CC23)c2cc(C#N)ccc2OC1(C)C. The zero-order chi connectivity index (χ0) is 24.0. The molecular formula is C26H25N3O5. The van der Waals surface area contributed by atoms with Gasteiger partial charge >= 0.3 is 5.97 Å². The van der Waals surface area contributed by atoms with Crippen LogP contribution in [0.2, 0.25) is 0 Å². The van der Waals surface area contributed by atoms with Crippen molar-refractivity contribution in [1.82, 2.24) is 5.01 Å². The molecule has 2 aromatic rings. The third-order valence-electron chi connectivity index (χ3n) is 6.39. The van der Waals surface area contributed by atoms with Crippen molar-refractivity contribution in [3.05, 3.63) is 65.2 Å². The predicted octanol–water partition coefficient (Wildman–Crippen LogP) is 3.71. The van der Waals surface area contributed by atoms with E-state index in [0.29, 0.717) is 35.7 Å². The molecule has 0 saturated heterocycles. The number of rotatable bonds is 4. The summed E-state index contributed by atoms with van der Waals surface area (Å²) < 4.78 is 18.3. The second-order valence-corrected chi connectivity index (χ2v) is 9.41. The maximum absolute atomic E-state index is 12.8. The molecule has 0 aromatic heterocycles. The predicted molar refractivity (Wildman–Crippen MR) is 121 cm³/mol. The van der Waals surface area contributed by atoms with Crippen molar-refractivity contribution >= 4 is 17.8 Å². The van der Waals surface area contributed by atoms with Crippen LogP contribution in [0.5, 0.6) is 5.75 Å². The Hall–Kier alpha value is -3.86. The summed E-state index contributed by atoms with van der Waals surface area (Å²) in [5.41, 5.74) is 1.12. The van der Waals surface area contributed by atoms with Crippen LogP contribution in [0.15, 0.2) is 53.6 Å². The number of fused-ring (bicyclic) bond motifs is 2. The molecule has 5 rings (SSSR count). The van der Waals surface area contributed by atoms with Crippen LogP contribution < -0.4 is 4.74 Å². The summed E-state index contributed by atoms with van der Waals surface area (Å²) in [6.07, 6.45) is -0.868. The van der Waals surface area contributed by atoms with Crippen LogP contribution in [0, 0.1) is 23.2 Å². The second-order valence-electron chi connectivity index (χ2n) is 9.41. The minimum Gasteiger partial charge on any atom is -0.483 e. The fourth-order valence-electron chi connectivity index (χ4n) is 4.60. The standard InChI is InChI=1S/C26H25N3O5/c1-15(30)32-23-22(20-11-17(13-27)9-10-21(20)34-26(23,2)3)33-24-18-12-19(18)25(31)29(28-24)14-16-7-5-4-6-8-16/h4-11,18-19,22-23H,12,14H2,1-3H3/t18?,19?,22-,23-/m1/s1. The van der Waals surface area contributed by atoms with Crippen molar-refractivity contribution < 1.29 is 23.8 Å². The highest BCUT2D eigenvalue weighted by atomic mass is 16.6. The van der Waals surface area contributed by atoms with Crippen LogP contribution in [0.25, 0.3) is 0 Å². The fraction of sp³-hybridized carbons (Fsp3) is 0.385. The van der Waals surface area contributed by atoms with Gasteiger partial charge in [0.15, 0.2) is 12.2 Å². The van der Waals surface area contributed by atoms with E-state index in [9.17, 15) is 14.9 Å². The van der Waals surface area contributed by atoms with Crippen LogP contribution in [0.1, 0.15) is 50.0 Å². The quantitative estimate of drug-likeness (QED) is 0.646. The zero-order valence-corrected chi connectivity index (χ0v) is 19.2. The van der Waals surface area contributed by atoms with Gasteiger partial charge in [-0.15, -0.1) is 5.10 Å². The summed E-state index contributed by atoms with van der Waals surface area (Å²) in [6, 6.07) is 16.9. The maximum Gasteiger partial charge on any atom is 0.303 e. The minimum atomic E-state index is -0.894. The largest absolute Gasteiger partial charge is 0.483 e. The van der Waals surface area contributed by atoms with E-state index in [4.69, 9.17) is 14.2 Å². The van der Waals surface area contributed by atoms with Gasteiger partial charge in [-0.25, -0.2) is 5.01 Å². The first-order chi connectivity index (χ1) is 16.3. The fourth-order valence-corrected chi connectivity index (χ4v) is 4.60. The first-order valence-corrected chi connectivity index (χ1v) is 11.3. The van der Waals surface area contributed by atoms with Crippen LogP contribution in [-0.2, 0) is 25.6 Å². The van der Waals surface area contributed by atoms with E-state index in [1.54, 1.807) is 18.2 Å². The van der Waals surface area contributed by atoms with Gasteiger partial charge in [-0.1, -0.05) is 30.3 Å². The zero-order valence-electron chi connectivity index (χ0n) is 19.2. The van der Waals surface area contributed by atoms with Crippen molar-refractivity contribution in [2.24, 2.45) is 16.9 Å². The molecule has 1 amide bonds. The third kappa shape index (κ3) is 3.98. The van der Waals surface area contributed by atoms with Gasteiger partial charge in [0.1, 0.15) is 11.4 Å². The number of hydrogen-bond acceptors (Lipinski definition) is 7. The average Bonchev–Trinajstić information content (AvgIpc) is 3.61. The molecule has 8 nitrogen and oxygen atoms in total. The lowest BCUT2D eigenvalue weighted by atomic mass is 9.87. The lowest BCUT2D eigenvalue weighted by molar-refractivity contribution is -0.173. The van der Waals surface area contributed by atoms with Gasteiger partial charge in [-0.3, -0.25) is 9.59 Å². The molecule has 4 atom stereocenters. The van der Waals surface area contributed by atoms with Gasteiger partial charge in [-0.2, -0.15) is 5.26 Å². The number of esters is 1. The molecule has 174 valence electrons. The van der Waals surface area contributed by atoms with Gasteiger partial charge < -0.3 is 14.2 Å². The van der Waals surface area contributed by atoms with Crippen molar-refractivity contribution in [3.63, 3.8) is 0 Å². The number of hydrazone groups is 1. The molecule has 0 bridgehead atoms. The van der Waals surface area contributed by atoms with E-state index in [1.165, 1.54) is 11.9 Å². The Morgan fingerprint density at radius 3 is 2.71 bits per heavy atom. The van der Waals surface area contributed by atoms with Gasteiger partial charge in [0.2, 0.25) is 11.8 Å². The number of hydrogen-bond donors (Lipinski definition) is 0. The Balaban J connectivity index is 1.51. The molecular weight excluding hydrogens is 434 g/mol. The van der Waals surface area contributed by atoms with E-state index in [1.807, 2.05) is 44.2 Å². The Morgan fingerprint density at radius 1 is 1.24 bits per heavy atom. The summed E-state index contributed by atoms with van der Waals surface area (Å²) in [6.45, 7) is 5.33. The van der Waals surface area contributed by atoms with Gasteiger partial charge in [-0.05, 0) is 44.0 Å². The van der Waals surface area contributed by atoms with Crippen molar-refractivity contribution in [2.75, 3.05) is 0 Å². The van der Waals surface area contributed by atoms with Crippen LogP contribution in [0.3, 0.4) is 0 Å². The first kappa shape index (κ1) is 22.0. The lowest BCUT2D eigenvalue weighted by Crippen LogP contribution is -2.52. The Kier molecular flexibility index (Phi) is 5.28. The molecule has 1 fully saturated rings. The Bertz CT molecular complexity index is 1220. The smallest absolute Gasteiger partial charge is 0.303 e. The molecule has 0 spiro atoms. The molecule has 2 aromatic carbocycles. The monoisotopic (exact) mass is 459 g/mol. The number of amides is 1. The topological polar surface area (TPSA) is 101 Å². The van der Waals surface area contributed by atoms with Gasteiger partial charge in [0, 0.05) is 18.4 Å². The number of ether oxygens (including phenoxy) is 3. The highest BCUT2D eigenvalue weighted by Crippen LogP contribution is 2.49. The summed E-state index contributed by atoms with van der Waals surface area (Å²) in [5.74, 6) is 0.238. The normalized spacial score (nSPS) is 26.2. The number of nitrogens with zero attached hydrogens (tertiary/aromatic N) is 3. The van der Waals surface area contributed by atoms with E-state index in [-0.39, 0.29) is 17.7 Å². The Labute approximate surface area is 197 Å². The molecule has 0 radical (unpaired) electrons. The lowest BCUT2D eigenvalue weighted by Gasteiger charge is -2.43. The molecule has 2 heterocycles. The minimum absolute atomic E-state index is 0.0165. The van der Waals surface area contributed by atoms with Gasteiger partial charge in [0.05, 0.1) is 24.1 Å². The molecule has 34 heavy (non-hydrogen) atoms. The molecule has 8 heteroatoms.